The minimum atomic E-state index is -3.60. The van der Waals surface area contributed by atoms with Gasteiger partial charge in [-0.1, -0.05) is 53.5 Å². The van der Waals surface area contributed by atoms with Gasteiger partial charge in [0.05, 0.1) is 22.8 Å². The Labute approximate surface area is 203 Å². The van der Waals surface area contributed by atoms with Gasteiger partial charge < -0.3 is 5.32 Å². The highest BCUT2D eigenvalue weighted by Gasteiger charge is 2.34. The molecular formula is C23H24Cl2N4O3S. The SMILES string of the molecule is Cn1cc(S(=O)(=O)N2CCC(C(NC(=O)c3ccc(Cl)cc3Cl)c3ccccc3)CC2)cn1. The molecule has 1 aliphatic rings. The summed E-state index contributed by atoms with van der Waals surface area (Å²) in [5.74, 6) is -0.237. The molecule has 0 bridgehead atoms. The largest absolute Gasteiger partial charge is 0.345 e. The maximum Gasteiger partial charge on any atom is 0.253 e. The minimum absolute atomic E-state index is 0.0581. The zero-order chi connectivity index (χ0) is 23.6. The van der Waals surface area contributed by atoms with E-state index in [2.05, 4.69) is 10.4 Å². The Morgan fingerprint density at radius 2 is 1.82 bits per heavy atom. The van der Waals surface area contributed by atoms with Crippen LogP contribution < -0.4 is 5.32 Å². The highest BCUT2D eigenvalue weighted by atomic mass is 35.5. The van der Waals surface area contributed by atoms with Gasteiger partial charge >= 0.3 is 0 Å². The number of sulfonamides is 1. The van der Waals surface area contributed by atoms with Crippen molar-refractivity contribution < 1.29 is 13.2 Å². The summed E-state index contributed by atoms with van der Waals surface area (Å²) >= 11 is 12.2. The number of hydrogen-bond acceptors (Lipinski definition) is 4. The van der Waals surface area contributed by atoms with Gasteiger partial charge in [0.15, 0.2) is 0 Å². The van der Waals surface area contributed by atoms with Crippen molar-refractivity contribution in [1.82, 2.24) is 19.4 Å². The molecule has 1 unspecified atom stereocenters. The van der Waals surface area contributed by atoms with Crippen molar-refractivity contribution in [1.29, 1.82) is 0 Å². The van der Waals surface area contributed by atoms with Crippen molar-refractivity contribution in [3.8, 4) is 0 Å². The summed E-state index contributed by atoms with van der Waals surface area (Å²) in [5.41, 5.74) is 1.31. The van der Waals surface area contributed by atoms with Gasteiger partial charge in [-0.15, -0.1) is 0 Å². The molecule has 0 aliphatic carbocycles. The molecule has 1 aromatic heterocycles. The number of carbonyl (C=O) groups is 1. The Bertz CT molecular complexity index is 1240. The zero-order valence-corrected chi connectivity index (χ0v) is 20.3. The van der Waals surface area contributed by atoms with Gasteiger partial charge in [0.25, 0.3) is 5.91 Å². The normalized spacial score (nSPS) is 16.5. The molecule has 4 rings (SSSR count). The number of rotatable bonds is 6. The van der Waals surface area contributed by atoms with Crippen LogP contribution in [0, 0.1) is 5.92 Å². The van der Waals surface area contributed by atoms with Crippen LogP contribution in [0.5, 0.6) is 0 Å². The lowest BCUT2D eigenvalue weighted by atomic mass is 9.85. The van der Waals surface area contributed by atoms with Crippen LogP contribution in [0.25, 0.3) is 0 Å². The predicted octanol–water partition coefficient (Wildman–Crippen LogP) is 4.30. The van der Waals surface area contributed by atoms with Gasteiger partial charge in [-0.25, -0.2) is 8.42 Å². The van der Waals surface area contributed by atoms with E-state index in [1.54, 1.807) is 19.2 Å². The molecule has 0 spiro atoms. The Balaban J connectivity index is 1.52. The molecule has 1 saturated heterocycles. The summed E-state index contributed by atoms with van der Waals surface area (Å²) in [7, 11) is -1.91. The van der Waals surface area contributed by atoms with E-state index in [1.165, 1.54) is 27.4 Å². The molecule has 1 amide bonds. The Kier molecular flexibility index (Phi) is 7.09. The van der Waals surface area contributed by atoms with Crippen LogP contribution >= 0.6 is 23.2 Å². The van der Waals surface area contributed by atoms with Crippen LogP contribution in [0.1, 0.15) is 34.8 Å². The predicted molar refractivity (Wildman–Crippen MR) is 128 cm³/mol. The van der Waals surface area contributed by atoms with Crippen molar-refractivity contribution in [2.45, 2.75) is 23.8 Å². The number of nitrogens with one attached hydrogen (secondary N) is 1. The maximum absolute atomic E-state index is 13.1. The molecule has 0 saturated carbocycles. The number of amides is 1. The summed E-state index contributed by atoms with van der Waals surface area (Å²) in [6, 6.07) is 14.2. The van der Waals surface area contributed by atoms with E-state index < -0.39 is 10.0 Å². The van der Waals surface area contributed by atoms with Crippen LogP contribution in [0.15, 0.2) is 65.8 Å². The number of hydrogen-bond donors (Lipinski definition) is 1. The molecule has 2 aromatic carbocycles. The first-order valence-corrected chi connectivity index (χ1v) is 12.7. The molecule has 174 valence electrons. The zero-order valence-electron chi connectivity index (χ0n) is 18.0. The maximum atomic E-state index is 13.1. The van der Waals surface area contributed by atoms with Crippen LogP contribution in [-0.2, 0) is 17.1 Å². The van der Waals surface area contributed by atoms with Crippen LogP contribution in [0.3, 0.4) is 0 Å². The van der Waals surface area contributed by atoms with E-state index in [0.717, 1.165) is 5.56 Å². The standard InChI is InChI=1S/C23H24Cl2N4O3S/c1-28-15-19(14-26-28)33(31,32)29-11-9-17(10-12-29)22(16-5-3-2-4-6-16)27-23(30)20-8-7-18(24)13-21(20)25/h2-8,13-15,17,22H,9-12H2,1H3,(H,27,30). The number of aromatic nitrogens is 2. The molecule has 10 heteroatoms. The first-order valence-electron chi connectivity index (χ1n) is 10.6. The van der Waals surface area contributed by atoms with Crippen LogP contribution in [-0.4, -0.2) is 41.5 Å². The highest BCUT2D eigenvalue weighted by molar-refractivity contribution is 7.89. The molecule has 1 atom stereocenters. The summed E-state index contributed by atoms with van der Waals surface area (Å²) < 4.78 is 28.9. The van der Waals surface area contributed by atoms with E-state index in [9.17, 15) is 13.2 Å². The smallest absolute Gasteiger partial charge is 0.253 e. The number of carbonyl (C=O) groups excluding carboxylic acids is 1. The molecule has 1 N–H and O–H groups in total. The van der Waals surface area contributed by atoms with E-state index in [0.29, 0.717) is 36.5 Å². The third kappa shape index (κ3) is 5.24. The minimum Gasteiger partial charge on any atom is -0.345 e. The van der Waals surface area contributed by atoms with Gasteiger partial charge in [0.1, 0.15) is 4.90 Å². The first kappa shape index (κ1) is 23.8. The third-order valence-corrected chi connectivity index (χ3v) is 8.31. The van der Waals surface area contributed by atoms with Gasteiger partial charge in [-0.05, 0) is 42.5 Å². The van der Waals surface area contributed by atoms with Gasteiger partial charge in [0.2, 0.25) is 10.0 Å². The first-order chi connectivity index (χ1) is 15.8. The molecule has 1 fully saturated rings. The monoisotopic (exact) mass is 506 g/mol. The third-order valence-electron chi connectivity index (χ3n) is 5.91. The highest BCUT2D eigenvalue weighted by Crippen LogP contribution is 2.33. The van der Waals surface area contributed by atoms with Gasteiger partial charge in [-0.3, -0.25) is 9.48 Å². The molecule has 1 aliphatic heterocycles. The quantitative estimate of drug-likeness (QED) is 0.540. The van der Waals surface area contributed by atoms with E-state index in [-0.39, 0.29) is 27.8 Å². The van der Waals surface area contributed by atoms with Crippen molar-refractivity contribution in [3.63, 3.8) is 0 Å². The molecule has 0 radical (unpaired) electrons. The Morgan fingerprint density at radius 1 is 1.12 bits per heavy atom. The second-order valence-corrected chi connectivity index (χ2v) is 10.9. The summed E-state index contributed by atoms with van der Waals surface area (Å²) in [5, 5.41) is 7.84. The summed E-state index contributed by atoms with van der Waals surface area (Å²) in [4.78, 5) is 13.2. The second kappa shape index (κ2) is 9.85. The molecule has 7 nitrogen and oxygen atoms in total. The molecular weight excluding hydrogens is 483 g/mol. The number of piperidine rings is 1. The van der Waals surface area contributed by atoms with Crippen molar-refractivity contribution in [2.75, 3.05) is 13.1 Å². The van der Waals surface area contributed by atoms with E-state index in [1.807, 2.05) is 30.3 Å². The number of aryl methyl sites for hydroxylation is 1. The Hall–Kier alpha value is -2.39. The fourth-order valence-corrected chi connectivity index (χ4v) is 6.11. The fourth-order valence-electron chi connectivity index (χ4n) is 4.16. The van der Waals surface area contributed by atoms with Gasteiger partial charge in [0, 0.05) is 31.4 Å². The average molecular weight is 507 g/mol. The van der Waals surface area contributed by atoms with Gasteiger partial charge in [-0.2, -0.15) is 9.40 Å². The number of benzene rings is 2. The lowest BCUT2D eigenvalue weighted by molar-refractivity contribution is 0.0908. The fraction of sp³-hybridized carbons (Fsp3) is 0.304. The van der Waals surface area contributed by atoms with E-state index >= 15 is 0 Å². The average Bonchev–Trinajstić information content (AvgIpc) is 3.25. The van der Waals surface area contributed by atoms with Crippen LogP contribution in [0.2, 0.25) is 10.0 Å². The summed E-state index contributed by atoms with van der Waals surface area (Å²) in [6.07, 6.45) is 4.08. The Morgan fingerprint density at radius 3 is 2.42 bits per heavy atom. The topological polar surface area (TPSA) is 84.3 Å². The summed E-state index contributed by atoms with van der Waals surface area (Å²) in [6.45, 7) is 0.728. The van der Waals surface area contributed by atoms with Crippen molar-refractivity contribution >= 4 is 39.1 Å². The second-order valence-electron chi connectivity index (χ2n) is 8.08. The van der Waals surface area contributed by atoms with Crippen molar-refractivity contribution in [2.24, 2.45) is 13.0 Å². The molecule has 3 aromatic rings. The number of halogens is 2. The number of nitrogens with zero attached hydrogens (tertiary/aromatic N) is 3. The molecule has 33 heavy (non-hydrogen) atoms. The molecule has 2 heterocycles. The lowest BCUT2D eigenvalue weighted by Crippen LogP contribution is -2.43. The van der Waals surface area contributed by atoms with Crippen LogP contribution in [0.4, 0.5) is 0 Å². The van der Waals surface area contributed by atoms with E-state index in [4.69, 9.17) is 23.2 Å². The van der Waals surface area contributed by atoms with Crippen molar-refractivity contribution in [3.05, 3.63) is 82.1 Å². The lowest BCUT2D eigenvalue weighted by Gasteiger charge is -2.36.